The molecule has 2 aromatic carbocycles. The summed E-state index contributed by atoms with van der Waals surface area (Å²) in [6.45, 7) is 2.10. The third kappa shape index (κ3) is 2.82. The molecule has 0 radical (unpaired) electrons. The van der Waals surface area contributed by atoms with E-state index in [4.69, 9.17) is 4.74 Å². The summed E-state index contributed by atoms with van der Waals surface area (Å²) in [5, 5.41) is 11.1. The van der Waals surface area contributed by atoms with Crippen LogP contribution in [0.25, 0.3) is 0 Å². The summed E-state index contributed by atoms with van der Waals surface area (Å²) in [5.41, 5.74) is 2.85. The topological polar surface area (TPSA) is 72.7 Å². The van der Waals surface area contributed by atoms with Crippen LogP contribution in [-0.4, -0.2) is 29.4 Å². The maximum atomic E-state index is 12.1. The van der Waals surface area contributed by atoms with Gasteiger partial charge in [0, 0.05) is 25.6 Å². The highest BCUT2D eigenvalue weighted by Crippen LogP contribution is 2.37. The van der Waals surface area contributed by atoms with Gasteiger partial charge in [0.2, 0.25) is 5.91 Å². The number of nitro benzene ring substituents is 1. The first kappa shape index (κ1) is 16.0. The van der Waals surface area contributed by atoms with Crippen LogP contribution in [0.3, 0.4) is 0 Å². The molecule has 0 saturated carbocycles. The second-order valence-electron chi connectivity index (χ2n) is 5.78. The summed E-state index contributed by atoms with van der Waals surface area (Å²) in [5.74, 6) is 0.718. The van der Waals surface area contributed by atoms with Gasteiger partial charge in [0.25, 0.3) is 5.69 Å². The standard InChI is InChI=1S/C18H18N2O4/c1-12(21)19-9-8-13-11-16(24-2)6-7-17(13)18(19)14-4-3-5-15(10-14)20(22)23/h3-7,10-11,18H,8-9H2,1-2H3. The van der Waals surface area contributed by atoms with Gasteiger partial charge in [-0.3, -0.25) is 14.9 Å². The number of carbonyl (C=O) groups excluding carboxylic acids is 1. The lowest BCUT2D eigenvalue weighted by molar-refractivity contribution is -0.384. The summed E-state index contributed by atoms with van der Waals surface area (Å²) >= 11 is 0. The lowest BCUT2D eigenvalue weighted by Crippen LogP contribution is -2.39. The number of nitrogens with zero attached hydrogens (tertiary/aromatic N) is 2. The van der Waals surface area contributed by atoms with Crippen molar-refractivity contribution in [3.8, 4) is 5.75 Å². The second-order valence-corrected chi connectivity index (χ2v) is 5.78. The Bertz CT molecular complexity index is 803. The van der Waals surface area contributed by atoms with E-state index in [9.17, 15) is 14.9 Å². The molecule has 0 fully saturated rings. The first-order valence-electron chi connectivity index (χ1n) is 7.69. The first-order chi connectivity index (χ1) is 11.5. The molecule has 1 aliphatic heterocycles. The number of hydrogen-bond acceptors (Lipinski definition) is 4. The Morgan fingerprint density at radius 2 is 2.08 bits per heavy atom. The molecular weight excluding hydrogens is 308 g/mol. The van der Waals surface area contributed by atoms with E-state index in [1.54, 1.807) is 24.1 Å². The maximum Gasteiger partial charge on any atom is 0.269 e. The molecule has 1 aliphatic rings. The van der Waals surface area contributed by atoms with Gasteiger partial charge in [-0.05, 0) is 35.2 Å². The number of non-ortho nitro benzene ring substituents is 1. The van der Waals surface area contributed by atoms with E-state index in [2.05, 4.69) is 0 Å². The molecule has 1 amide bonds. The molecule has 3 rings (SSSR count). The van der Waals surface area contributed by atoms with E-state index in [-0.39, 0.29) is 17.6 Å². The Morgan fingerprint density at radius 3 is 2.75 bits per heavy atom. The molecule has 1 atom stereocenters. The average molecular weight is 326 g/mol. The molecule has 0 bridgehead atoms. The van der Waals surface area contributed by atoms with E-state index < -0.39 is 4.92 Å². The zero-order valence-corrected chi connectivity index (χ0v) is 13.6. The molecular formula is C18H18N2O4. The second kappa shape index (κ2) is 6.31. The van der Waals surface area contributed by atoms with Gasteiger partial charge >= 0.3 is 0 Å². The fourth-order valence-corrected chi connectivity index (χ4v) is 3.24. The molecule has 6 nitrogen and oxygen atoms in total. The maximum absolute atomic E-state index is 12.1. The largest absolute Gasteiger partial charge is 0.497 e. The van der Waals surface area contributed by atoms with Crippen molar-refractivity contribution >= 4 is 11.6 Å². The van der Waals surface area contributed by atoms with Crippen molar-refractivity contribution in [1.29, 1.82) is 0 Å². The van der Waals surface area contributed by atoms with Crippen LogP contribution in [0.4, 0.5) is 5.69 Å². The molecule has 1 unspecified atom stereocenters. The third-order valence-corrected chi connectivity index (χ3v) is 4.38. The zero-order valence-electron chi connectivity index (χ0n) is 13.6. The van der Waals surface area contributed by atoms with E-state index in [1.165, 1.54) is 13.0 Å². The van der Waals surface area contributed by atoms with Crippen LogP contribution in [0.15, 0.2) is 42.5 Å². The van der Waals surface area contributed by atoms with E-state index in [1.807, 2.05) is 24.3 Å². The summed E-state index contributed by atoms with van der Waals surface area (Å²) in [6, 6.07) is 11.9. The lowest BCUT2D eigenvalue weighted by Gasteiger charge is -2.37. The van der Waals surface area contributed by atoms with Crippen molar-refractivity contribution in [2.45, 2.75) is 19.4 Å². The fourth-order valence-electron chi connectivity index (χ4n) is 3.24. The van der Waals surface area contributed by atoms with Crippen molar-refractivity contribution < 1.29 is 14.5 Å². The minimum atomic E-state index is -0.417. The Labute approximate surface area is 139 Å². The van der Waals surface area contributed by atoms with Crippen LogP contribution in [-0.2, 0) is 11.2 Å². The molecule has 0 aromatic heterocycles. The molecule has 0 saturated heterocycles. The van der Waals surface area contributed by atoms with Gasteiger partial charge in [-0.25, -0.2) is 0 Å². The number of fused-ring (bicyclic) bond motifs is 1. The molecule has 124 valence electrons. The van der Waals surface area contributed by atoms with Gasteiger partial charge in [0.1, 0.15) is 5.75 Å². The average Bonchev–Trinajstić information content (AvgIpc) is 2.60. The molecule has 6 heteroatoms. The summed E-state index contributed by atoms with van der Waals surface area (Å²) in [4.78, 5) is 24.5. The van der Waals surface area contributed by atoms with Crippen molar-refractivity contribution in [1.82, 2.24) is 4.90 Å². The highest BCUT2D eigenvalue weighted by molar-refractivity contribution is 5.75. The number of methoxy groups -OCH3 is 1. The van der Waals surface area contributed by atoms with Crippen molar-refractivity contribution in [3.63, 3.8) is 0 Å². The first-order valence-corrected chi connectivity index (χ1v) is 7.69. The highest BCUT2D eigenvalue weighted by Gasteiger charge is 2.31. The Balaban J connectivity index is 2.13. The molecule has 0 N–H and O–H groups in total. The Morgan fingerprint density at radius 1 is 1.29 bits per heavy atom. The van der Waals surface area contributed by atoms with E-state index in [0.717, 1.165) is 28.9 Å². The number of nitro groups is 1. The Hall–Kier alpha value is -2.89. The lowest BCUT2D eigenvalue weighted by atomic mass is 9.87. The number of amides is 1. The zero-order chi connectivity index (χ0) is 17.3. The van der Waals surface area contributed by atoms with Crippen molar-refractivity contribution in [2.24, 2.45) is 0 Å². The molecule has 0 spiro atoms. The summed E-state index contributed by atoms with van der Waals surface area (Å²) in [7, 11) is 1.62. The Kier molecular flexibility index (Phi) is 4.20. The van der Waals surface area contributed by atoms with Crippen molar-refractivity contribution in [2.75, 3.05) is 13.7 Å². The van der Waals surface area contributed by atoms with Crippen LogP contribution < -0.4 is 4.74 Å². The van der Waals surface area contributed by atoms with Crippen molar-refractivity contribution in [3.05, 3.63) is 69.3 Å². The normalized spacial score (nSPS) is 16.4. The molecule has 1 heterocycles. The van der Waals surface area contributed by atoms with Gasteiger partial charge in [-0.1, -0.05) is 18.2 Å². The number of ether oxygens (including phenoxy) is 1. The minimum absolute atomic E-state index is 0.0247. The third-order valence-electron chi connectivity index (χ3n) is 4.38. The SMILES string of the molecule is COc1ccc2c(c1)CCN(C(C)=O)C2c1cccc([N+](=O)[O-])c1. The van der Waals surface area contributed by atoms with Gasteiger partial charge in [0.05, 0.1) is 18.1 Å². The smallest absolute Gasteiger partial charge is 0.269 e. The number of benzene rings is 2. The number of hydrogen-bond donors (Lipinski definition) is 0. The number of carbonyl (C=O) groups is 1. The summed E-state index contributed by atoms with van der Waals surface area (Å²) in [6.07, 6.45) is 0.734. The van der Waals surface area contributed by atoms with Gasteiger partial charge in [-0.2, -0.15) is 0 Å². The van der Waals surface area contributed by atoms with Crippen LogP contribution in [0, 0.1) is 10.1 Å². The van der Waals surface area contributed by atoms with Crippen LogP contribution in [0.1, 0.15) is 29.7 Å². The highest BCUT2D eigenvalue weighted by atomic mass is 16.6. The van der Waals surface area contributed by atoms with Crippen LogP contribution >= 0.6 is 0 Å². The van der Waals surface area contributed by atoms with E-state index >= 15 is 0 Å². The number of rotatable bonds is 3. The minimum Gasteiger partial charge on any atom is -0.497 e. The van der Waals surface area contributed by atoms with Crippen LogP contribution in [0.2, 0.25) is 0 Å². The monoisotopic (exact) mass is 326 g/mol. The van der Waals surface area contributed by atoms with Gasteiger partial charge in [0.15, 0.2) is 0 Å². The molecule has 24 heavy (non-hydrogen) atoms. The fraction of sp³-hybridized carbons (Fsp3) is 0.278. The molecule has 2 aromatic rings. The predicted octanol–water partition coefficient (Wildman–Crippen LogP) is 3.10. The molecule has 0 aliphatic carbocycles. The van der Waals surface area contributed by atoms with Crippen LogP contribution in [0.5, 0.6) is 5.75 Å². The van der Waals surface area contributed by atoms with Gasteiger partial charge in [-0.15, -0.1) is 0 Å². The van der Waals surface area contributed by atoms with E-state index in [0.29, 0.717) is 6.54 Å². The predicted molar refractivity (Wildman–Crippen MR) is 89.0 cm³/mol. The summed E-state index contributed by atoms with van der Waals surface area (Å²) < 4.78 is 5.28. The van der Waals surface area contributed by atoms with Gasteiger partial charge < -0.3 is 9.64 Å². The quantitative estimate of drug-likeness (QED) is 0.642.